The summed E-state index contributed by atoms with van der Waals surface area (Å²) in [7, 11) is -0.0756. The molecular weight excluding hydrogens is 546 g/mol. The van der Waals surface area contributed by atoms with Gasteiger partial charge in [-0.1, -0.05) is 103 Å². The Kier molecular flexibility index (Phi) is 35.8. The summed E-state index contributed by atoms with van der Waals surface area (Å²) in [6.07, 6.45) is 24.5. The van der Waals surface area contributed by atoms with E-state index in [4.69, 9.17) is 4.55 Å². The van der Waals surface area contributed by atoms with Crippen molar-refractivity contribution in [1.82, 2.24) is 11.5 Å². The average Bonchev–Trinajstić information content (AvgIpc) is 2.82. The average molecular weight is 610 g/mol. The summed E-state index contributed by atoms with van der Waals surface area (Å²) in [5.41, 5.74) is 0. The molecule has 0 amide bonds. The maximum absolute atomic E-state index is 9.33. The first kappa shape index (κ1) is 45.6. The molecule has 5 N–H and O–H groups in total. The summed E-state index contributed by atoms with van der Waals surface area (Å²) in [4.78, 5) is 0. The molecule has 0 unspecified atom stereocenters. The smallest absolute Gasteiger partial charge is 0.397 e. The number of hydrogen-bond acceptors (Lipinski definition) is 9. The molecule has 0 aliphatic heterocycles. The lowest BCUT2D eigenvalue weighted by molar-refractivity contribution is -0.870. The Hall–Kier alpha value is -0.380. The molecule has 242 valence electrons. The van der Waals surface area contributed by atoms with Crippen molar-refractivity contribution in [3.8, 4) is 0 Å². The van der Waals surface area contributed by atoms with Crippen molar-refractivity contribution in [1.29, 1.82) is 0 Å². The van der Waals surface area contributed by atoms with Crippen LogP contribution in [0, 0.1) is 0 Å². The zero-order chi connectivity index (χ0) is 29.8. The molecule has 0 atom stereocenters. The van der Waals surface area contributed by atoms with Crippen LogP contribution in [0.25, 0.3) is 0 Å². The number of quaternary nitrogens is 1. The quantitative estimate of drug-likeness (QED) is 0.0569. The van der Waals surface area contributed by atoms with Gasteiger partial charge in [0, 0.05) is 13.0 Å². The van der Waals surface area contributed by atoms with Crippen LogP contribution >= 0.6 is 0 Å². The number of unbranched alkanes of at least 4 members (excludes halogenated alkanes) is 15. The van der Waals surface area contributed by atoms with Gasteiger partial charge in [-0.25, -0.2) is 8.42 Å². The number of nitrogens with zero attached hydrogens (tertiary/aromatic N) is 1. The van der Waals surface area contributed by atoms with Crippen LogP contribution < -0.4 is 11.5 Å². The Bertz CT molecular complexity index is 654. The van der Waals surface area contributed by atoms with Crippen molar-refractivity contribution >= 4 is 20.8 Å². The fourth-order valence-corrected chi connectivity index (χ4v) is 3.60. The summed E-state index contributed by atoms with van der Waals surface area (Å²) >= 11 is 0. The van der Waals surface area contributed by atoms with Crippen LogP contribution in [0.4, 0.5) is 0 Å². The van der Waals surface area contributed by atoms with Crippen LogP contribution in [0.5, 0.6) is 0 Å². The molecule has 11 nitrogen and oxygen atoms in total. The molecule has 0 heterocycles. The minimum atomic E-state index is -4.41. The second kappa shape index (κ2) is 30.6. The third kappa shape index (κ3) is 58.3. The highest BCUT2D eigenvalue weighted by Gasteiger charge is 2.04. The van der Waals surface area contributed by atoms with Gasteiger partial charge in [0.2, 0.25) is 10.4 Å². The van der Waals surface area contributed by atoms with Gasteiger partial charge in [0.1, 0.15) is 0 Å². The number of rotatable bonds is 23. The van der Waals surface area contributed by atoms with E-state index in [1.54, 1.807) is 0 Å². The molecule has 0 aromatic heterocycles. The van der Waals surface area contributed by atoms with Crippen LogP contribution in [0.15, 0.2) is 0 Å². The van der Waals surface area contributed by atoms with Crippen molar-refractivity contribution < 1.29 is 38.8 Å². The molecule has 0 saturated carbocycles. The molecule has 0 aliphatic rings. The first-order valence-corrected chi connectivity index (χ1v) is 16.9. The van der Waals surface area contributed by atoms with Crippen molar-refractivity contribution in [2.24, 2.45) is 0 Å². The lowest BCUT2D eigenvalue weighted by atomic mass is 10.0. The Morgan fingerprint density at radius 1 is 0.641 bits per heavy atom. The molecular formula is C26H63N3O8S2. The maximum atomic E-state index is 9.33. The first-order chi connectivity index (χ1) is 17.7. The predicted octanol–water partition coefficient (Wildman–Crippen LogP) is 5.62. The van der Waals surface area contributed by atoms with E-state index in [0.717, 1.165) is 18.7 Å². The normalized spacial score (nSPS) is 11.6. The third-order valence-electron chi connectivity index (χ3n) is 5.80. The SMILES string of the molecule is CCCCCCCCCCCCCCCCCCNCCC[N+](C)(C)C.COS(=O)(=O)O.COS(=O)(=O)[O-].N. The maximum Gasteiger partial charge on any atom is 0.397 e. The minimum Gasteiger partial charge on any atom is -0.726 e. The van der Waals surface area contributed by atoms with Crippen molar-refractivity contribution in [3.05, 3.63) is 0 Å². The van der Waals surface area contributed by atoms with Crippen LogP contribution in [0.2, 0.25) is 0 Å². The zero-order valence-electron chi connectivity index (χ0n) is 25.9. The molecule has 0 spiro atoms. The molecule has 0 saturated heterocycles. The van der Waals surface area contributed by atoms with Crippen molar-refractivity contribution in [2.45, 2.75) is 116 Å². The Balaban J connectivity index is -0.000000390. The molecule has 0 aromatic carbocycles. The lowest BCUT2D eigenvalue weighted by Crippen LogP contribution is -2.36. The van der Waals surface area contributed by atoms with Crippen LogP contribution in [0.1, 0.15) is 116 Å². The summed E-state index contributed by atoms with van der Waals surface area (Å²) in [6.45, 7) is 5.97. The number of nitrogens with one attached hydrogen (secondary N) is 1. The highest BCUT2D eigenvalue weighted by atomic mass is 32.3. The van der Waals surface area contributed by atoms with Gasteiger partial charge in [0.05, 0.1) is 41.9 Å². The van der Waals surface area contributed by atoms with E-state index in [0.29, 0.717) is 0 Å². The standard InChI is InChI=1S/C24H53N2.2CH4O4S.H3N/c1-5-6-7-8-9-10-11-12-13-14-15-16-17-18-19-20-22-25-23-21-24-26(2,3)4;2*1-5-6(2,3)4;/h25H,5-24H2,1-4H3;2*1H3,(H,2,3,4);1H3/q+1;;;/p-1. The van der Waals surface area contributed by atoms with Gasteiger partial charge in [-0.05, 0) is 13.0 Å². The molecule has 0 radical (unpaired) electrons. The third-order valence-corrected chi connectivity index (χ3v) is 6.63. The summed E-state index contributed by atoms with van der Waals surface area (Å²) < 4.78 is 61.8. The minimum absolute atomic E-state index is 0. The highest BCUT2D eigenvalue weighted by molar-refractivity contribution is 7.81. The summed E-state index contributed by atoms with van der Waals surface area (Å²) in [5.74, 6) is 0. The summed E-state index contributed by atoms with van der Waals surface area (Å²) in [5, 5.41) is 3.60. The molecule has 0 fully saturated rings. The second-order valence-corrected chi connectivity index (χ2v) is 12.9. The van der Waals surface area contributed by atoms with Gasteiger partial charge in [0.15, 0.2) is 0 Å². The van der Waals surface area contributed by atoms with E-state index in [1.165, 1.54) is 129 Å². The van der Waals surface area contributed by atoms with E-state index in [9.17, 15) is 21.4 Å². The van der Waals surface area contributed by atoms with Gasteiger partial charge in [-0.15, -0.1) is 0 Å². The van der Waals surface area contributed by atoms with Crippen molar-refractivity contribution in [2.75, 3.05) is 55.0 Å². The van der Waals surface area contributed by atoms with Crippen LogP contribution in [-0.4, -0.2) is 85.4 Å². The van der Waals surface area contributed by atoms with Crippen LogP contribution in [0.3, 0.4) is 0 Å². The highest BCUT2D eigenvalue weighted by Crippen LogP contribution is 2.13. The van der Waals surface area contributed by atoms with Gasteiger partial charge in [-0.3, -0.25) is 12.9 Å². The van der Waals surface area contributed by atoms with E-state index in [-0.39, 0.29) is 6.15 Å². The van der Waals surface area contributed by atoms with Crippen molar-refractivity contribution in [3.63, 3.8) is 0 Å². The predicted molar refractivity (Wildman–Crippen MR) is 160 cm³/mol. The Morgan fingerprint density at radius 3 is 1.18 bits per heavy atom. The van der Waals surface area contributed by atoms with Gasteiger partial charge in [0.25, 0.3) is 0 Å². The monoisotopic (exact) mass is 609 g/mol. The Labute approximate surface area is 241 Å². The first-order valence-electron chi connectivity index (χ1n) is 14.2. The zero-order valence-corrected chi connectivity index (χ0v) is 27.6. The lowest BCUT2D eigenvalue weighted by Gasteiger charge is -2.23. The fourth-order valence-electron chi connectivity index (χ4n) is 3.60. The molecule has 0 rings (SSSR count). The molecule has 0 aliphatic carbocycles. The van der Waals surface area contributed by atoms with E-state index in [2.05, 4.69) is 41.7 Å². The molecule has 0 bridgehead atoms. The molecule has 0 aromatic rings. The van der Waals surface area contributed by atoms with Gasteiger partial charge in [-0.2, -0.15) is 8.42 Å². The number of hydrogen-bond donors (Lipinski definition) is 3. The van der Waals surface area contributed by atoms with E-state index < -0.39 is 20.8 Å². The van der Waals surface area contributed by atoms with Crippen LogP contribution in [-0.2, 0) is 29.2 Å². The largest absolute Gasteiger partial charge is 0.726 e. The van der Waals surface area contributed by atoms with Gasteiger partial charge < -0.3 is 20.5 Å². The molecule has 13 heteroatoms. The van der Waals surface area contributed by atoms with E-state index >= 15 is 0 Å². The second-order valence-electron chi connectivity index (χ2n) is 10.6. The molecule has 39 heavy (non-hydrogen) atoms. The van der Waals surface area contributed by atoms with Gasteiger partial charge >= 0.3 is 10.4 Å². The Morgan fingerprint density at radius 2 is 0.923 bits per heavy atom. The fraction of sp³-hybridized carbons (Fsp3) is 1.00. The topological polar surface area (TPSA) is 177 Å². The van der Waals surface area contributed by atoms with E-state index in [1.807, 2.05) is 0 Å². The summed E-state index contributed by atoms with van der Waals surface area (Å²) in [6, 6.07) is 0.